The van der Waals surface area contributed by atoms with E-state index < -0.39 is 0 Å². The summed E-state index contributed by atoms with van der Waals surface area (Å²) in [7, 11) is 3.37. The van der Waals surface area contributed by atoms with Crippen molar-refractivity contribution in [1.29, 1.82) is 0 Å². The van der Waals surface area contributed by atoms with Crippen molar-refractivity contribution in [2.24, 2.45) is 0 Å². The normalized spacial score (nSPS) is 20.6. The first-order valence-electron chi connectivity index (χ1n) is 10.4. The first-order valence-corrected chi connectivity index (χ1v) is 10.4. The number of hydrogen-bond donors (Lipinski definition) is 1. The van der Waals surface area contributed by atoms with Gasteiger partial charge in [0.15, 0.2) is 0 Å². The first-order chi connectivity index (χ1) is 13.6. The number of amides is 1. The van der Waals surface area contributed by atoms with E-state index in [2.05, 4.69) is 10.2 Å². The molecule has 0 spiro atoms. The van der Waals surface area contributed by atoms with E-state index in [-0.39, 0.29) is 11.4 Å². The molecule has 0 bridgehead atoms. The van der Waals surface area contributed by atoms with Crippen molar-refractivity contribution in [1.82, 2.24) is 10.2 Å². The number of ether oxygens (including phenoxy) is 3. The Morgan fingerprint density at radius 2 is 2.00 bits per heavy atom. The molecule has 0 saturated carbocycles. The standard InChI is InChI=1S/C22H34N2O4/c1-26-15-10-22(8-11-24(12-9-22)19-6-13-28-14-7-19)23-21(25)17-18-4-3-5-20(16-18)27-2/h3-5,16,19H,6-15,17H2,1-2H3,(H,23,25). The summed E-state index contributed by atoms with van der Waals surface area (Å²) in [5.74, 6) is 0.855. The van der Waals surface area contributed by atoms with Gasteiger partial charge in [-0.05, 0) is 49.8 Å². The summed E-state index contributed by atoms with van der Waals surface area (Å²) >= 11 is 0. The van der Waals surface area contributed by atoms with Gasteiger partial charge in [0.05, 0.1) is 13.5 Å². The third-order valence-corrected chi connectivity index (χ3v) is 6.15. The first kappa shape index (κ1) is 21.1. The lowest BCUT2D eigenvalue weighted by atomic mass is 9.83. The summed E-state index contributed by atoms with van der Waals surface area (Å²) in [6, 6.07) is 8.34. The van der Waals surface area contributed by atoms with E-state index in [0.717, 1.165) is 69.7 Å². The van der Waals surface area contributed by atoms with E-state index in [1.165, 1.54) is 0 Å². The van der Waals surface area contributed by atoms with Crippen LogP contribution in [-0.2, 0) is 20.7 Å². The van der Waals surface area contributed by atoms with Crippen molar-refractivity contribution < 1.29 is 19.0 Å². The van der Waals surface area contributed by atoms with E-state index in [9.17, 15) is 4.79 Å². The number of likely N-dealkylation sites (tertiary alicyclic amines) is 1. The van der Waals surface area contributed by atoms with Gasteiger partial charge in [-0.1, -0.05) is 12.1 Å². The summed E-state index contributed by atoms with van der Waals surface area (Å²) in [4.78, 5) is 15.4. The number of benzene rings is 1. The summed E-state index contributed by atoms with van der Waals surface area (Å²) < 4.78 is 16.1. The van der Waals surface area contributed by atoms with Gasteiger partial charge in [-0.2, -0.15) is 0 Å². The number of nitrogens with zero attached hydrogens (tertiary/aromatic N) is 1. The molecule has 2 saturated heterocycles. The highest BCUT2D eigenvalue weighted by Crippen LogP contribution is 2.29. The smallest absolute Gasteiger partial charge is 0.224 e. The quantitative estimate of drug-likeness (QED) is 0.739. The monoisotopic (exact) mass is 390 g/mol. The molecule has 1 aromatic carbocycles. The fourth-order valence-corrected chi connectivity index (χ4v) is 4.41. The van der Waals surface area contributed by atoms with E-state index >= 15 is 0 Å². The average Bonchev–Trinajstić information content (AvgIpc) is 2.73. The third-order valence-electron chi connectivity index (χ3n) is 6.15. The van der Waals surface area contributed by atoms with Gasteiger partial charge >= 0.3 is 0 Å². The molecule has 2 aliphatic rings. The summed E-state index contributed by atoms with van der Waals surface area (Å²) in [6.45, 7) is 4.44. The number of methoxy groups -OCH3 is 2. The zero-order valence-electron chi connectivity index (χ0n) is 17.2. The molecule has 6 nitrogen and oxygen atoms in total. The Morgan fingerprint density at radius 3 is 2.68 bits per heavy atom. The second-order valence-electron chi connectivity index (χ2n) is 7.98. The molecule has 6 heteroatoms. The van der Waals surface area contributed by atoms with Gasteiger partial charge in [0.1, 0.15) is 5.75 Å². The Hall–Kier alpha value is -1.63. The largest absolute Gasteiger partial charge is 0.497 e. The zero-order valence-corrected chi connectivity index (χ0v) is 17.2. The predicted octanol–water partition coefficient (Wildman–Crippen LogP) is 2.40. The van der Waals surface area contributed by atoms with Crippen molar-refractivity contribution in [3.63, 3.8) is 0 Å². The molecule has 1 amide bonds. The Kier molecular flexibility index (Phi) is 7.71. The average molecular weight is 391 g/mol. The van der Waals surface area contributed by atoms with Crippen LogP contribution < -0.4 is 10.1 Å². The number of rotatable bonds is 8. The van der Waals surface area contributed by atoms with Gasteiger partial charge in [0.2, 0.25) is 5.91 Å². The molecule has 0 atom stereocenters. The van der Waals surface area contributed by atoms with Gasteiger partial charge in [-0.25, -0.2) is 0 Å². The van der Waals surface area contributed by atoms with E-state index in [1.807, 2.05) is 24.3 Å². The highest BCUT2D eigenvalue weighted by molar-refractivity contribution is 5.79. The Balaban J connectivity index is 1.59. The maximum atomic E-state index is 12.8. The zero-order chi connectivity index (χ0) is 19.8. The number of carbonyl (C=O) groups excluding carboxylic acids is 1. The molecule has 0 aromatic heterocycles. The van der Waals surface area contributed by atoms with Crippen LogP contribution in [0.15, 0.2) is 24.3 Å². The van der Waals surface area contributed by atoms with Gasteiger partial charge in [0.25, 0.3) is 0 Å². The molecule has 0 radical (unpaired) electrons. The van der Waals surface area contributed by atoms with Crippen LogP contribution in [0, 0.1) is 0 Å². The lowest BCUT2D eigenvalue weighted by Crippen LogP contribution is -2.58. The van der Waals surface area contributed by atoms with Crippen LogP contribution in [0.25, 0.3) is 0 Å². The molecule has 2 fully saturated rings. The highest BCUT2D eigenvalue weighted by Gasteiger charge is 2.37. The van der Waals surface area contributed by atoms with Gasteiger partial charge < -0.3 is 24.4 Å². The van der Waals surface area contributed by atoms with Gasteiger partial charge in [-0.15, -0.1) is 0 Å². The minimum atomic E-state index is -0.173. The molecule has 0 aliphatic carbocycles. The molecular weight excluding hydrogens is 356 g/mol. The molecule has 2 aliphatic heterocycles. The number of hydrogen-bond acceptors (Lipinski definition) is 5. The van der Waals surface area contributed by atoms with Gasteiger partial charge in [0, 0.05) is 51.6 Å². The van der Waals surface area contributed by atoms with Crippen molar-refractivity contribution >= 4 is 5.91 Å². The molecule has 1 N–H and O–H groups in total. The van der Waals surface area contributed by atoms with E-state index in [1.54, 1.807) is 14.2 Å². The number of piperidine rings is 1. The molecule has 156 valence electrons. The van der Waals surface area contributed by atoms with Crippen molar-refractivity contribution in [3.8, 4) is 5.75 Å². The molecule has 28 heavy (non-hydrogen) atoms. The molecule has 2 heterocycles. The maximum Gasteiger partial charge on any atom is 0.224 e. The molecular formula is C22H34N2O4. The summed E-state index contributed by atoms with van der Waals surface area (Å²) in [5, 5.41) is 3.37. The van der Waals surface area contributed by atoms with E-state index in [4.69, 9.17) is 14.2 Å². The lowest BCUT2D eigenvalue weighted by molar-refractivity contribution is -0.123. The lowest BCUT2D eigenvalue weighted by Gasteiger charge is -2.45. The topological polar surface area (TPSA) is 60.0 Å². The van der Waals surface area contributed by atoms with Crippen LogP contribution in [0.5, 0.6) is 5.75 Å². The van der Waals surface area contributed by atoms with E-state index in [0.29, 0.717) is 19.1 Å². The second kappa shape index (κ2) is 10.2. The number of carbonyl (C=O) groups is 1. The van der Waals surface area contributed by atoms with Crippen LogP contribution in [-0.4, -0.2) is 69.5 Å². The highest BCUT2D eigenvalue weighted by atomic mass is 16.5. The minimum absolute atomic E-state index is 0.0730. The van der Waals surface area contributed by atoms with Crippen molar-refractivity contribution in [3.05, 3.63) is 29.8 Å². The predicted molar refractivity (Wildman–Crippen MR) is 109 cm³/mol. The molecule has 0 unspecified atom stereocenters. The van der Waals surface area contributed by atoms with Crippen molar-refractivity contribution in [2.75, 3.05) is 47.1 Å². The Morgan fingerprint density at radius 1 is 1.25 bits per heavy atom. The fourth-order valence-electron chi connectivity index (χ4n) is 4.41. The SMILES string of the molecule is COCCC1(NC(=O)Cc2cccc(OC)c2)CCN(C2CCOCC2)CC1. The third kappa shape index (κ3) is 5.69. The van der Waals surface area contributed by atoms with Crippen LogP contribution >= 0.6 is 0 Å². The Labute approximate surface area is 168 Å². The van der Waals surface area contributed by atoms with Gasteiger partial charge in [-0.3, -0.25) is 4.79 Å². The Bertz CT molecular complexity index is 623. The maximum absolute atomic E-state index is 12.8. The second-order valence-corrected chi connectivity index (χ2v) is 7.98. The molecule has 1 aromatic rings. The minimum Gasteiger partial charge on any atom is -0.497 e. The fraction of sp³-hybridized carbons (Fsp3) is 0.682. The number of nitrogens with one attached hydrogen (secondary N) is 1. The van der Waals surface area contributed by atoms with Crippen LogP contribution in [0.3, 0.4) is 0 Å². The van der Waals surface area contributed by atoms with Crippen LogP contribution in [0.1, 0.15) is 37.7 Å². The summed E-state index contributed by atoms with van der Waals surface area (Å²) in [6.07, 6.45) is 5.40. The van der Waals surface area contributed by atoms with Crippen LogP contribution in [0.2, 0.25) is 0 Å². The van der Waals surface area contributed by atoms with Crippen molar-refractivity contribution in [2.45, 2.75) is 50.1 Å². The van der Waals surface area contributed by atoms with Crippen LogP contribution in [0.4, 0.5) is 0 Å². The molecule has 3 rings (SSSR count). The summed E-state index contributed by atoms with van der Waals surface area (Å²) in [5.41, 5.74) is 0.798.